The predicted octanol–water partition coefficient (Wildman–Crippen LogP) is 8.95. The number of unbranched alkanes of at least 4 members (excludes halogenated alkanes) is 24. The van der Waals surface area contributed by atoms with Crippen molar-refractivity contribution in [3.63, 3.8) is 0 Å². The minimum Gasteiger partial charge on any atom is -0.481 e. The molecule has 0 aliphatic heterocycles. The zero-order chi connectivity index (χ0) is 43.3. The van der Waals surface area contributed by atoms with Gasteiger partial charge in [0, 0.05) is 25.5 Å². The number of ketones is 2. The fourth-order valence-electron chi connectivity index (χ4n) is 7.01. The fourth-order valence-corrected chi connectivity index (χ4v) is 7.01. The van der Waals surface area contributed by atoms with Crippen LogP contribution in [-0.2, 0) is 35.1 Å². The fraction of sp³-hybridized carbons (Fsp3) is 0.822. The highest BCUT2D eigenvalue weighted by molar-refractivity contribution is 6.14. The Kier molecular flexibility index (Phi) is 34.9. The quantitative estimate of drug-likeness (QED) is 0.0208. The Balaban J connectivity index is 0.00000364. The molecular weight excluding hydrogens is 743 g/mol. The highest BCUT2D eigenvalue weighted by Crippen LogP contribution is 2.27. The molecule has 1 aromatic heterocycles. The normalized spacial score (nSPS) is 13.2. The van der Waals surface area contributed by atoms with Gasteiger partial charge in [-0.3, -0.25) is 24.0 Å². The Morgan fingerprint density at radius 3 is 1.36 bits per heavy atom. The Morgan fingerprint density at radius 1 is 0.638 bits per heavy atom. The molecule has 58 heavy (non-hydrogen) atoms. The van der Waals surface area contributed by atoms with E-state index in [2.05, 4.69) is 23.8 Å². The van der Waals surface area contributed by atoms with E-state index in [9.17, 15) is 34.2 Å². The van der Waals surface area contributed by atoms with Crippen LogP contribution in [0.3, 0.4) is 0 Å². The average molecular weight is 824 g/mol. The summed E-state index contributed by atoms with van der Waals surface area (Å²) in [4.78, 5) is 67.0. The molecule has 0 aliphatic carbocycles. The summed E-state index contributed by atoms with van der Waals surface area (Å²) in [6.45, 7) is 3.56. The molecule has 2 unspecified atom stereocenters. The van der Waals surface area contributed by atoms with E-state index in [1.807, 2.05) is 0 Å². The van der Waals surface area contributed by atoms with Crippen LogP contribution >= 0.6 is 0 Å². The number of Topliss-reactive ketones (excluding diaryl/α,β-unsaturated/α-hetero) is 2. The number of nitrogens with one attached hydrogen (secondary N) is 1. The van der Waals surface area contributed by atoms with E-state index in [4.69, 9.17) is 20.7 Å². The van der Waals surface area contributed by atoms with Crippen LogP contribution in [0.15, 0.2) is 12.5 Å². The molecule has 0 aromatic carbocycles. The van der Waals surface area contributed by atoms with Crippen molar-refractivity contribution >= 4 is 29.5 Å². The number of aliphatic hydroxyl groups excluding tert-OH is 2. The second-order valence-electron chi connectivity index (χ2n) is 15.8. The number of aliphatic hydroxyl groups is 2. The van der Waals surface area contributed by atoms with Gasteiger partial charge in [0.15, 0.2) is 5.78 Å². The first kappa shape index (κ1) is 54.8. The number of aliphatic carboxylic acids is 2. The van der Waals surface area contributed by atoms with Gasteiger partial charge in [-0.05, 0) is 12.8 Å². The van der Waals surface area contributed by atoms with Gasteiger partial charge in [-0.25, -0.2) is 4.98 Å². The number of nitrogens with zero attached hydrogens (tertiary/aromatic N) is 1. The van der Waals surface area contributed by atoms with Crippen molar-refractivity contribution in [3.05, 3.63) is 18.2 Å². The van der Waals surface area contributed by atoms with Crippen molar-refractivity contribution in [1.82, 2.24) is 9.97 Å². The first-order chi connectivity index (χ1) is 28.0. The molecule has 0 amide bonds. The number of carboxylic acid groups (broad SMARTS) is 2. The number of nitrogens with two attached hydrogens (primary N) is 1. The number of rotatable bonds is 39. The van der Waals surface area contributed by atoms with Crippen LogP contribution in [0.2, 0.25) is 0 Å². The maximum absolute atomic E-state index is 13.9. The zero-order valence-corrected chi connectivity index (χ0v) is 36.2. The van der Waals surface area contributed by atoms with Crippen LogP contribution in [0.25, 0.3) is 0 Å². The number of carbonyl (C=O) groups is 5. The molecule has 1 rings (SSSR count). The number of ether oxygens (including phenoxy) is 1. The second-order valence-corrected chi connectivity index (χ2v) is 15.8. The highest BCUT2D eigenvalue weighted by Gasteiger charge is 2.55. The number of H-pyrrole nitrogens is 1. The van der Waals surface area contributed by atoms with Crippen LogP contribution < -0.4 is 5.73 Å². The van der Waals surface area contributed by atoms with Crippen molar-refractivity contribution in [1.29, 1.82) is 0 Å². The smallest absolute Gasteiger partial charge is 0.307 e. The van der Waals surface area contributed by atoms with Crippen molar-refractivity contribution < 1.29 is 49.1 Å². The monoisotopic (exact) mass is 824 g/mol. The standard InChI is InChI=1S/C41H75N3O6.C4H6O4/c1-3-5-7-9-11-13-15-17-19-21-23-25-27-29-37(46)41(38(47)33-45,40(49)36(42)31-35-32-43-34-44-35)50-39(48)30-28-26-24-22-20-18-16-14-12-10-8-6-4-2;5-3(6)1-2-4(7)8/h32,34,36,38,45,47H,3-31,33,42H2,1-2H3,(H,43,44);1-2H2,(H,5,6)(H,7,8)/t36-,38?,41?;/m0./s1. The van der Waals surface area contributed by atoms with Gasteiger partial charge in [-0.15, -0.1) is 0 Å². The summed E-state index contributed by atoms with van der Waals surface area (Å²) in [6.07, 6.45) is 30.5. The summed E-state index contributed by atoms with van der Waals surface area (Å²) in [6, 6.07) is -1.26. The lowest BCUT2D eigenvalue weighted by molar-refractivity contribution is -0.189. The van der Waals surface area contributed by atoms with Gasteiger partial charge < -0.3 is 35.9 Å². The topological polar surface area (TPSA) is 230 Å². The van der Waals surface area contributed by atoms with E-state index in [0.717, 1.165) is 44.9 Å². The minimum absolute atomic E-state index is 0.00927. The lowest BCUT2D eigenvalue weighted by Gasteiger charge is -2.35. The van der Waals surface area contributed by atoms with Crippen molar-refractivity contribution in [2.24, 2.45) is 5.73 Å². The van der Waals surface area contributed by atoms with Gasteiger partial charge in [0.25, 0.3) is 5.60 Å². The Hall–Kier alpha value is -3.16. The van der Waals surface area contributed by atoms with Crippen molar-refractivity contribution in [3.8, 4) is 0 Å². The van der Waals surface area contributed by atoms with Gasteiger partial charge in [0.2, 0.25) is 5.78 Å². The number of aromatic nitrogens is 2. The maximum atomic E-state index is 13.9. The van der Waals surface area contributed by atoms with Gasteiger partial charge in [0.1, 0.15) is 6.10 Å². The van der Waals surface area contributed by atoms with E-state index in [1.54, 1.807) is 6.20 Å². The van der Waals surface area contributed by atoms with E-state index in [1.165, 1.54) is 115 Å². The maximum Gasteiger partial charge on any atom is 0.307 e. The molecule has 0 saturated heterocycles. The number of carboxylic acids is 2. The molecule has 0 aliphatic rings. The van der Waals surface area contributed by atoms with Crippen LogP contribution in [0, 0.1) is 0 Å². The summed E-state index contributed by atoms with van der Waals surface area (Å²) < 4.78 is 5.67. The number of carbonyl (C=O) groups excluding carboxylic acids is 3. The van der Waals surface area contributed by atoms with Crippen molar-refractivity contribution in [2.75, 3.05) is 6.61 Å². The van der Waals surface area contributed by atoms with Gasteiger partial charge in [0.05, 0.1) is 37.5 Å². The lowest BCUT2D eigenvalue weighted by atomic mass is 9.80. The Bertz CT molecular complexity index is 1180. The van der Waals surface area contributed by atoms with E-state index < -0.39 is 53.8 Å². The molecule has 3 atom stereocenters. The number of hydrogen-bond acceptors (Lipinski definition) is 10. The molecule has 0 fully saturated rings. The number of esters is 1. The largest absolute Gasteiger partial charge is 0.481 e. The number of imidazole rings is 1. The second kappa shape index (κ2) is 36.9. The van der Waals surface area contributed by atoms with Crippen LogP contribution in [0.4, 0.5) is 0 Å². The average Bonchev–Trinajstić information content (AvgIpc) is 3.72. The SMILES string of the molecule is CCCCCCCCCCCCCCCC(=O)OC(C(=O)CCCCCCCCCCCCCCC)(C(=O)[C@@H](N)Cc1c[nH]cn1)C(O)CO.O=C(O)CCC(=O)O. The van der Waals surface area contributed by atoms with Crippen LogP contribution in [0.5, 0.6) is 0 Å². The van der Waals surface area contributed by atoms with Gasteiger partial charge in [-0.1, -0.05) is 168 Å². The van der Waals surface area contributed by atoms with E-state index in [-0.39, 0.29) is 32.1 Å². The van der Waals surface area contributed by atoms with Gasteiger partial charge in [-0.2, -0.15) is 0 Å². The molecular formula is C45H81N3O10. The molecule has 13 heteroatoms. The lowest BCUT2D eigenvalue weighted by Crippen LogP contribution is -2.64. The third-order valence-corrected chi connectivity index (χ3v) is 10.6. The molecule has 7 N–H and O–H groups in total. The molecule has 0 bridgehead atoms. The summed E-state index contributed by atoms with van der Waals surface area (Å²) in [5.74, 6) is -4.50. The number of aromatic amines is 1. The van der Waals surface area contributed by atoms with Gasteiger partial charge >= 0.3 is 17.9 Å². The predicted molar refractivity (Wildman–Crippen MR) is 227 cm³/mol. The summed E-state index contributed by atoms with van der Waals surface area (Å²) in [7, 11) is 0. The zero-order valence-electron chi connectivity index (χ0n) is 36.2. The van der Waals surface area contributed by atoms with Crippen molar-refractivity contribution in [2.45, 2.75) is 231 Å². The third-order valence-electron chi connectivity index (χ3n) is 10.6. The summed E-state index contributed by atoms with van der Waals surface area (Å²) in [5, 5.41) is 36.8. The minimum atomic E-state index is -2.55. The first-order valence-electron chi connectivity index (χ1n) is 22.7. The molecule has 1 heterocycles. The Labute approximate surface area is 349 Å². The molecule has 0 spiro atoms. The van der Waals surface area contributed by atoms with E-state index in [0.29, 0.717) is 18.5 Å². The molecule has 13 nitrogen and oxygen atoms in total. The summed E-state index contributed by atoms with van der Waals surface area (Å²) >= 11 is 0. The third kappa shape index (κ3) is 27.5. The molecule has 336 valence electrons. The number of hydrogen-bond donors (Lipinski definition) is 6. The summed E-state index contributed by atoms with van der Waals surface area (Å²) in [5.41, 5.74) is 4.22. The highest BCUT2D eigenvalue weighted by atomic mass is 16.6. The van der Waals surface area contributed by atoms with Crippen LogP contribution in [-0.4, -0.2) is 84.2 Å². The molecule has 0 saturated carbocycles. The molecule has 1 aromatic rings. The van der Waals surface area contributed by atoms with Crippen LogP contribution in [0.1, 0.15) is 212 Å². The van der Waals surface area contributed by atoms with E-state index >= 15 is 0 Å². The Morgan fingerprint density at radius 2 is 1.02 bits per heavy atom. The molecule has 0 radical (unpaired) electrons. The first-order valence-corrected chi connectivity index (χ1v) is 22.7.